The van der Waals surface area contributed by atoms with E-state index in [4.69, 9.17) is 5.26 Å². The minimum Gasteiger partial charge on any atom is -0.353 e. The first kappa shape index (κ1) is 8.62. The predicted octanol–water partition coefficient (Wildman–Crippen LogP) is 0.0511. The lowest BCUT2D eigenvalue weighted by Gasteiger charge is -2.13. The summed E-state index contributed by atoms with van der Waals surface area (Å²) in [5, 5.41) is 8.27. The fraction of sp³-hybridized carbons (Fsp3) is 0.667. The lowest BCUT2D eigenvalue weighted by molar-refractivity contribution is -0.452. The van der Waals surface area contributed by atoms with E-state index in [0.717, 1.165) is 5.57 Å². The highest BCUT2D eigenvalue weighted by molar-refractivity contribution is 4.99. The van der Waals surface area contributed by atoms with Crippen LogP contribution in [0, 0.1) is 0 Å². The maximum absolute atomic E-state index is 8.27. The Kier molecular flexibility index (Phi) is 3.46. The summed E-state index contributed by atoms with van der Waals surface area (Å²) in [4.78, 5) is 4.11. The molecule has 0 aliphatic carbocycles. The molecule has 0 aromatic carbocycles. The van der Waals surface area contributed by atoms with Gasteiger partial charge in [-0.3, -0.25) is 5.26 Å². The minimum atomic E-state index is -0.329. The third-order valence-electron chi connectivity index (χ3n) is 1.12. The number of quaternary nitrogens is 1. The molecule has 0 spiro atoms. The van der Waals surface area contributed by atoms with E-state index in [1.807, 2.05) is 6.92 Å². The quantitative estimate of drug-likeness (QED) is 0.324. The average Bonchev–Trinajstić information content (AvgIpc) is 1.64. The largest absolute Gasteiger partial charge is 0.353 e. The Labute approximate surface area is 55.1 Å². The average molecular weight is 132 g/mol. The lowest BCUT2D eigenvalue weighted by atomic mass is 10.1. The number of hydrogen-bond donors (Lipinski definition) is 2. The molecule has 2 atom stereocenters. The molecule has 0 saturated carbocycles. The second-order valence-corrected chi connectivity index (χ2v) is 2.35. The summed E-state index contributed by atoms with van der Waals surface area (Å²) in [6, 6.07) is 0.0347. The Morgan fingerprint density at radius 1 is 1.78 bits per heavy atom. The van der Waals surface area contributed by atoms with Crippen molar-refractivity contribution in [2.75, 3.05) is 0 Å². The second kappa shape index (κ2) is 3.61. The van der Waals surface area contributed by atoms with Crippen LogP contribution in [0.4, 0.5) is 0 Å². The highest BCUT2D eigenvalue weighted by Gasteiger charge is 2.17. The van der Waals surface area contributed by atoms with Crippen molar-refractivity contribution < 1.29 is 15.9 Å². The van der Waals surface area contributed by atoms with Crippen LogP contribution in [0.25, 0.3) is 0 Å². The summed E-state index contributed by atoms with van der Waals surface area (Å²) in [6.45, 7) is 7.27. The highest BCUT2D eigenvalue weighted by Crippen LogP contribution is 2.03. The zero-order valence-electron chi connectivity index (χ0n) is 5.92. The van der Waals surface area contributed by atoms with Gasteiger partial charge in [-0.15, -0.1) is 0 Å². The van der Waals surface area contributed by atoms with Gasteiger partial charge in [-0.1, -0.05) is 6.58 Å². The van der Waals surface area contributed by atoms with E-state index in [2.05, 4.69) is 17.2 Å². The van der Waals surface area contributed by atoms with Crippen molar-refractivity contribution in [3.05, 3.63) is 12.2 Å². The Morgan fingerprint density at radius 3 is 2.22 bits per heavy atom. The van der Waals surface area contributed by atoms with Crippen molar-refractivity contribution in [1.29, 1.82) is 0 Å². The van der Waals surface area contributed by atoms with Gasteiger partial charge in [0.2, 0.25) is 0 Å². The molecule has 0 saturated heterocycles. The van der Waals surface area contributed by atoms with Gasteiger partial charge in [-0.25, -0.2) is 4.89 Å². The smallest absolute Gasteiger partial charge is 0.164 e. The fourth-order valence-corrected chi connectivity index (χ4v) is 0.680. The van der Waals surface area contributed by atoms with E-state index in [1.54, 1.807) is 6.92 Å². The zero-order chi connectivity index (χ0) is 7.44. The summed E-state index contributed by atoms with van der Waals surface area (Å²) >= 11 is 0. The molecule has 9 heavy (non-hydrogen) atoms. The third kappa shape index (κ3) is 2.60. The lowest BCUT2D eigenvalue weighted by Crippen LogP contribution is -2.65. The zero-order valence-corrected chi connectivity index (χ0v) is 5.92. The maximum Gasteiger partial charge on any atom is 0.164 e. The van der Waals surface area contributed by atoms with Crippen molar-refractivity contribution in [2.45, 2.75) is 26.0 Å². The van der Waals surface area contributed by atoms with E-state index < -0.39 is 0 Å². The van der Waals surface area contributed by atoms with Crippen LogP contribution in [-0.2, 0) is 4.89 Å². The molecule has 4 N–H and O–H groups in total. The van der Waals surface area contributed by atoms with E-state index in [-0.39, 0.29) is 12.1 Å². The summed E-state index contributed by atoms with van der Waals surface area (Å²) in [5.74, 6) is 0. The molecule has 0 aromatic rings. The molecule has 0 rings (SSSR count). The van der Waals surface area contributed by atoms with Gasteiger partial charge in [-0.2, -0.15) is 0 Å². The minimum absolute atomic E-state index is 0.0347. The molecule has 0 heterocycles. The van der Waals surface area contributed by atoms with Gasteiger partial charge < -0.3 is 5.73 Å². The van der Waals surface area contributed by atoms with Crippen LogP contribution in [-0.4, -0.2) is 17.4 Å². The molecular formula is C6H14NO2+. The SMILES string of the molecule is C=C(C)[C@@H](OO)[C@H](C)[NH3+]. The molecule has 0 aliphatic heterocycles. The third-order valence-corrected chi connectivity index (χ3v) is 1.12. The van der Waals surface area contributed by atoms with Crippen LogP contribution < -0.4 is 5.73 Å². The van der Waals surface area contributed by atoms with Gasteiger partial charge in [0.25, 0.3) is 0 Å². The monoisotopic (exact) mass is 132 g/mol. The Morgan fingerprint density at radius 2 is 2.22 bits per heavy atom. The standard InChI is InChI=1S/C6H13NO2/c1-4(2)6(9-8)5(3)7/h5-6,8H,1,7H2,2-3H3/p+1/t5-,6+/m0/s1. The van der Waals surface area contributed by atoms with Crippen LogP contribution in [0.1, 0.15) is 13.8 Å². The van der Waals surface area contributed by atoms with E-state index in [9.17, 15) is 0 Å². The van der Waals surface area contributed by atoms with Gasteiger partial charge in [0, 0.05) is 0 Å². The topological polar surface area (TPSA) is 57.1 Å². The van der Waals surface area contributed by atoms with Crippen molar-refractivity contribution in [1.82, 2.24) is 0 Å². The van der Waals surface area contributed by atoms with Crippen LogP contribution >= 0.6 is 0 Å². The Balaban J connectivity index is 3.83. The van der Waals surface area contributed by atoms with Gasteiger partial charge >= 0.3 is 0 Å². The van der Waals surface area contributed by atoms with Crippen LogP contribution in [0.15, 0.2) is 12.2 Å². The molecule has 0 aliphatic rings. The number of hydrogen-bond acceptors (Lipinski definition) is 2. The normalized spacial score (nSPS) is 16.9. The molecule has 0 radical (unpaired) electrons. The predicted molar refractivity (Wildman–Crippen MR) is 34.7 cm³/mol. The molecule has 54 valence electrons. The first-order chi connectivity index (χ1) is 4.09. The van der Waals surface area contributed by atoms with E-state index in [0.29, 0.717) is 0 Å². The van der Waals surface area contributed by atoms with Crippen molar-refractivity contribution in [2.24, 2.45) is 0 Å². The molecule has 3 heteroatoms. The summed E-state index contributed by atoms with van der Waals surface area (Å²) in [6.07, 6.45) is -0.329. The molecule has 0 unspecified atom stereocenters. The number of rotatable bonds is 3. The fourth-order valence-electron chi connectivity index (χ4n) is 0.680. The van der Waals surface area contributed by atoms with E-state index in [1.165, 1.54) is 0 Å². The molecule has 0 fully saturated rings. The van der Waals surface area contributed by atoms with Gasteiger partial charge in [0.15, 0.2) is 6.10 Å². The molecule has 3 nitrogen and oxygen atoms in total. The van der Waals surface area contributed by atoms with Crippen LogP contribution in [0.5, 0.6) is 0 Å². The van der Waals surface area contributed by atoms with Gasteiger partial charge in [0.05, 0.1) is 0 Å². The first-order valence-corrected chi connectivity index (χ1v) is 2.88. The van der Waals surface area contributed by atoms with Gasteiger partial charge in [-0.05, 0) is 19.4 Å². The molecule has 0 amide bonds. The molecular weight excluding hydrogens is 118 g/mol. The maximum atomic E-state index is 8.27. The van der Waals surface area contributed by atoms with E-state index >= 15 is 0 Å². The molecule has 0 aromatic heterocycles. The first-order valence-electron chi connectivity index (χ1n) is 2.88. The van der Waals surface area contributed by atoms with Crippen molar-refractivity contribution >= 4 is 0 Å². The Bertz CT molecular complexity index is 101. The molecule has 0 bridgehead atoms. The summed E-state index contributed by atoms with van der Waals surface area (Å²) in [7, 11) is 0. The van der Waals surface area contributed by atoms with Gasteiger partial charge in [0.1, 0.15) is 6.04 Å². The van der Waals surface area contributed by atoms with Crippen LogP contribution in [0.3, 0.4) is 0 Å². The second-order valence-electron chi connectivity index (χ2n) is 2.35. The highest BCUT2D eigenvalue weighted by atomic mass is 17.1. The van der Waals surface area contributed by atoms with Crippen molar-refractivity contribution in [3.8, 4) is 0 Å². The van der Waals surface area contributed by atoms with Crippen molar-refractivity contribution in [3.63, 3.8) is 0 Å². The van der Waals surface area contributed by atoms with Crippen LogP contribution in [0.2, 0.25) is 0 Å². The summed E-state index contributed by atoms with van der Waals surface area (Å²) in [5.41, 5.74) is 4.48. The summed E-state index contributed by atoms with van der Waals surface area (Å²) < 4.78 is 0. The Hall–Kier alpha value is -0.380.